The molecule has 3 aliphatic rings. The predicted molar refractivity (Wildman–Crippen MR) is 54.5 cm³/mol. The first-order chi connectivity index (χ1) is 6.42. The van der Waals surface area contributed by atoms with Crippen LogP contribution in [0.2, 0.25) is 0 Å². The zero-order valence-corrected chi connectivity index (χ0v) is 8.21. The molecule has 1 unspecified atom stereocenters. The van der Waals surface area contributed by atoms with Gasteiger partial charge in [0.2, 0.25) is 0 Å². The second-order valence-corrected chi connectivity index (χ2v) is 5.09. The minimum Gasteiger partial charge on any atom is -0.313 e. The summed E-state index contributed by atoms with van der Waals surface area (Å²) < 4.78 is 0. The molecular weight excluding hydrogens is 158 g/mol. The van der Waals surface area contributed by atoms with Crippen LogP contribution in [0.5, 0.6) is 0 Å². The largest absolute Gasteiger partial charge is 0.313 e. The van der Waals surface area contributed by atoms with Crippen LogP contribution in [0.3, 0.4) is 0 Å². The van der Waals surface area contributed by atoms with Crippen LogP contribution in [0.15, 0.2) is 12.2 Å². The lowest BCUT2D eigenvalue weighted by atomic mass is 9.85. The molecule has 0 aliphatic heterocycles. The zero-order valence-electron chi connectivity index (χ0n) is 8.21. The van der Waals surface area contributed by atoms with Crippen molar-refractivity contribution in [3.05, 3.63) is 12.2 Å². The van der Waals surface area contributed by atoms with Gasteiger partial charge in [-0.2, -0.15) is 0 Å². The van der Waals surface area contributed by atoms with Crippen LogP contribution in [-0.4, -0.2) is 12.6 Å². The highest BCUT2D eigenvalue weighted by Gasteiger charge is 2.35. The summed E-state index contributed by atoms with van der Waals surface area (Å²) in [5.74, 6) is 2.82. The summed E-state index contributed by atoms with van der Waals surface area (Å²) >= 11 is 0. The lowest BCUT2D eigenvalue weighted by Crippen LogP contribution is -2.37. The van der Waals surface area contributed by atoms with Gasteiger partial charge in [-0.1, -0.05) is 18.6 Å². The molecule has 3 aliphatic carbocycles. The van der Waals surface area contributed by atoms with Gasteiger partial charge in [0.15, 0.2) is 0 Å². The average Bonchev–Trinajstić information content (AvgIpc) is 2.61. The molecule has 3 rings (SSSR count). The van der Waals surface area contributed by atoms with Crippen LogP contribution < -0.4 is 5.32 Å². The van der Waals surface area contributed by atoms with E-state index in [9.17, 15) is 0 Å². The Bertz CT molecular complexity index is 217. The number of rotatable bonds is 3. The van der Waals surface area contributed by atoms with Gasteiger partial charge in [-0.25, -0.2) is 0 Å². The molecule has 0 aromatic heterocycles. The summed E-state index contributed by atoms with van der Waals surface area (Å²) in [6.45, 7) is 1.29. The molecule has 0 amide bonds. The summed E-state index contributed by atoms with van der Waals surface area (Å²) in [6, 6.07) is 0.829. The molecule has 0 saturated heterocycles. The Morgan fingerprint density at radius 1 is 1.15 bits per heavy atom. The molecule has 2 fully saturated rings. The summed E-state index contributed by atoms with van der Waals surface area (Å²) in [5, 5.41) is 3.76. The van der Waals surface area contributed by atoms with Crippen molar-refractivity contribution >= 4 is 0 Å². The highest BCUT2D eigenvalue weighted by Crippen LogP contribution is 2.39. The topological polar surface area (TPSA) is 12.0 Å². The fourth-order valence-electron chi connectivity index (χ4n) is 3.03. The van der Waals surface area contributed by atoms with E-state index >= 15 is 0 Å². The van der Waals surface area contributed by atoms with Crippen molar-refractivity contribution in [1.82, 2.24) is 5.32 Å². The molecule has 1 heteroatoms. The Morgan fingerprint density at radius 3 is 2.62 bits per heavy atom. The van der Waals surface area contributed by atoms with E-state index in [4.69, 9.17) is 0 Å². The average molecular weight is 177 g/mol. The lowest BCUT2D eigenvalue weighted by Gasteiger charge is -2.29. The van der Waals surface area contributed by atoms with Gasteiger partial charge in [-0.3, -0.25) is 0 Å². The van der Waals surface area contributed by atoms with Crippen molar-refractivity contribution in [3.63, 3.8) is 0 Å². The lowest BCUT2D eigenvalue weighted by molar-refractivity contribution is 0.280. The van der Waals surface area contributed by atoms with Crippen LogP contribution in [0.4, 0.5) is 0 Å². The standard InChI is InChI=1S/C12H19N/c1-2-9(3-1)8-13-12-7-10-4-5-11(12)6-10/h4-5,9-13H,1-3,6-8H2/t10-,11+,12?/m1/s1. The molecule has 0 aromatic rings. The van der Waals surface area contributed by atoms with Gasteiger partial charge < -0.3 is 5.32 Å². The molecule has 1 nitrogen and oxygen atoms in total. The number of allylic oxidation sites excluding steroid dienone is 1. The second kappa shape index (κ2) is 3.13. The Balaban J connectivity index is 1.48. The van der Waals surface area contributed by atoms with Crippen LogP contribution in [0, 0.1) is 17.8 Å². The summed E-state index contributed by atoms with van der Waals surface area (Å²) in [7, 11) is 0. The fraction of sp³-hybridized carbons (Fsp3) is 0.833. The first kappa shape index (κ1) is 8.05. The van der Waals surface area contributed by atoms with E-state index in [2.05, 4.69) is 17.5 Å². The van der Waals surface area contributed by atoms with Crippen LogP contribution in [0.25, 0.3) is 0 Å². The maximum absolute atomic E-state index is 3.76. The van der Waals surface area contributed by atoms with Gasteiger partial charge in [0.1, 0.15) is 0 Å². The van der Waals surface area contributed by atoms with E-state index < -0.39 is 0 Å². The molecular formula is C12H19N. The third-order valence-electron chi connectivity index (χ3n) is 4.17. The highest BCUT2D eigenvalue weighted by atomic mass is 14.9. The van der Waals surface area contributed by atoms with Gasteiger partial charge in [0.05, 0.1) is 0 Å². The Kier molecular flexibility index (Phi) is 1.93. The molecule has 1 N–H and O–H groups in total. The summed E-state index contributed by atoms with van der Waals surface area (Å²) in [5.41, 5.74) is 0. The Labute approximate surface area is 80.6 Å². The van der Waals surface area contributed by atoms with E-state index in [0.717, 1.165) is 23.8 Å². The van der Waals surface area contributed by atoms with E-state index in [0.29, 0.717) is 0 Å². The number of hydrogen-bond acceptors (Lipinski definition) is 1. The van der Waals surface area contributed by atoms with E-state index in [1.165, 1.54) is 38.6 Å². The van der Waals surface area contributed by atoms with Crippen LogP contribution in [-0.2, 0) is 0 Å². The van der Waals surface area contributed by atoms with Crippen molar-refractivity contribution < 1.29 is 0 Å². The Morgan fingerprint density at radius 2 is 2.08 bits per heavy atom. The van der Waals surface area contributed by atoms with Gasteiger partial charge in [0.25, 0.3) is 0 Å². The molecule has 72 valence electrons. The van der Waals surface area contributed by atoms with Crippen molar-refractivity contribution in [2.24, 2.45) is 17.8 Å². The highest BCUT2D eigenvalue weighted by molar-refractivity contribution is 5.12. The third kappa shape index (κ3) is 1.43. The van der Waals surface area contributed by atoms with E-state index in [1.54, 1.807) is 0 Å². The van der Waals surface area contributed by atoms with Gasteiger partial charge in [0, 0.05) is 6.04 Å². The third-order valence-corrected chi connectivity index (χ3v) is 4.17. The van der Waals surface area contributed by atoms with Crippen LogP contribution in [0.1, 0.15) is 32.1 Å². The Hall–Kier alpha value is -0.300. The molecule has 0 aromatic carbocycles. The van der Waals surface area contributed by atoms with Crippen molar-refractivity contribution in [3.8, 4) is 0 Å². The predicted octanol–water partition coefficient (Wildman–Crippen LogP) is 2.34. The smallest absolute Gasteiger partial charge is 0.0136 e. The minimum atomic E-state index is 0.829. The van der Waals surface area contributed by atoms with Gasteiger partial charge >= 0.3 is 0 Å². The quantitative estimate of drug-likeness (QED) is 0.652. The SMILES string of the molecule is C1=C[C@H]2C[C@@H]1CC2NCC1CCC1. The molecule has 0 spiro atoms. The van der Waals surface area contributed by atoms with Crippen LogP contribution >= 0.6 is 0 Å². The summed E-state index contributed by atoms with van der Waals surface area (Å²) in [6.07, 6.45) is 12.1. The maximum atomic E-state index is 3.76. The minimum absolute atomic E-state index is 0.829. The normalized spacial score (nSPS) is 42.6. The zero-order chi connectivity index (χ0) is 8.67. The van der Waals surface area contributed by atoms with Crippen molar-refractivity contribution in [2.45, 2.75) is 38.1 Å². The molecule has 13 heavy (non-hydrogen) atoms. The first-order valence-electron chi connectivity index (χ1n) is 5.83. The van der Waals surface area contributed by atoms with Crippen molar-refractivity contribution in [1.29, 1.82) is 0 Å². The van der Waals surface area contributed by atoms with Crippen molar-refractivity contribution in [2.75, 3.05) is 6.54 Å². The molecule has 2 saturated carbocycles. The molecule has 3 atom stereocenters. The number of nitrogens with one attached hydrogen (secondary N) is 1. The van der Waals surface area contributed by atoms with E-state index in [-0.39, 0.29) is 0 Å². The monoisotopic (exact) mass is 177 g/mol. The number of hydrogen-bond donors (Lipinski definition) is 1. The van der Waals surface area contributed by atoms with E-state index in [1.807, 2.05) is 0 Å². The fourth-order valence-corrected chi connectivity index (χ4v) is 3.03. The molecule has 0 radical (unpaired) electrons. The second-order valence-electron chi connectivity index (χ2n) is 5.09. The summed E-state index contributed by atoms with van der Waals surface area (Å²) in [4.78, 5) is 0. The maximum Gasteiger partial charge on any atom is 0.0136 e. The van der Waals surface area contributed by atoms with Gasteiger partial charge in [-0.15, -0.1) is 0 Å². The first-order valence-corrected chi connectivity index (χ1v) is 5.83. The molecule has 2 bridgehead atoms. The molecule has 0 heterocycles. The van der Waals surface area contributed by atoms with Gasteiger partial charge in [-0.05, 0) is 50.0 Å². The number of fused-ring (bicyclic) bond motifs is 2.